The van der Waals surface area contributed by atoms with Gasteiger partial charge in [-0.2, -0.15) is 5.26 Å². The SMILES string of the molecule is N#Cc1ccc([N+](=O)[O-])c([N+](=O)[O-])c1O. The molecule has 0 aliphatic rings. The zero-order valence-electron chi connectivity index (χ0n) is 7.08. The fourth-order valence-electron chi connectivity index (χ4n) is 0.987. The number of nitro groups is 2. The molecule has 15 heavy (non-hydrogen) atoms. The number of aromatic hydroxyl groups is 1. The van der Waals surface area contributed by atoms with Crippen molar-refractivity contribution in [1.29, 1.82) is 5.26 Å². The van der Waals surface area contributed by atoms with Gasteiger partial charge < -0.3 is 5.11 Å². The Balaban J connectivity index is 3.60. The summed E-state index contributed by atoms with van der Waals surface area (Å²) in [7, 11) is 0. The molecule has 1 aromatic rings. The number of phenolic OH excluding ortho intramolecular Hbond substituents is 1. The van der Waals surface area contributed by atoms with Crippen molar-refractivity contribution in [3.05, 3.63) is 37.9 Å². The average Bonchev–Trinajstić information content (AvgIpc) is 2.16. The van der Waals surface area contributed by atoms with Crippen LogP contribution in [0, 0.1) is 31.6 Å². The molecule has 0 heterocycles. The maximum Gasteiger partial charge on any atom is 0.388 e. The Kier molecular flexibility index (Phi) is 2.48. The zero-order chi connectivity index (χ0) is 11.6. The largest absolute Gasteiger partial charge is 0.501 e. The van der Waals surface area contributed by atoms with E-state index in [-0.39, 0.29) is 5.56 Å². The predicted molar refractivity (Wildman–Crippen MR) is 46.1 cm³/mol. The summed E-state index contributed by atoms with van der Waals surface area (Å²) in [5.74, 6) is -0.989. The molecule has 0 unspecified atom stereocenters. The molecule has 0 atom stereocenters. The van der Waals surface area contributed by atoms with Gasteiger partial charge in [-0.1, -0.05) is 0 Å². The van der Waals surface area contributed by atoms with Crippen LogP contribution >= 0.6 is 0 Å². The summed E-state index contributed by atoms with van der Waals surface area (Å²) in [4.78, 5) is 18.7. The van der Waals surface area contributed by atoms with Crippen LogP contribution in [0.1, 0.15) is 5.56 Å². The standard InChI is InChI=1S/C7H3N3O5/c8-3-4-1-2-5(9(12)13)6(7(4)11)10(14)15/h1-2,11H. The lowest BCUT2D eigenvalue weighted by Gasteiger charge is -1.98. The first-order valence-electron chi connectivity index (χ1n) is 3.54. The van der Waals surface area contributed by atoms with Crippen molar-refractivity contribution in [1.82, 2.24) is 0 Å². The van der Waals surface area contributed by atoms with E-state index in [0.717, 1.165) is 12.1 Å². The van der Waals surface area contributed by atoms with Gasteiger partial charge in [0, 0.05) is 6.07 Å². The van der Waals surface area contributed by atoms with Gasteiger partial charge in [-0.25, -0.2) is 0 Å². The van der Waals surface area contributed by atoms with E-state index in [1.165, 1.54) is 6.07 Å². The van der Waals surface area contributed by atoms with E-state index in [9.17, 15) is 25.3 Å². The van der Waals surface area contributed by atoms with Crippen LogP contribution in [0.3, 0.4) is 0 Å². The summed E-state index contributed by atoms with van der Waals surface area (Å²) in [6, 6.07) is 3.23. The highest BCUT2D eigenvalue weighted by molar-refractivity contribution is 5.66. The molecule has 1 aromatic carbocycles. The highest BCUT2D eigenvalue weighted by atomic mass is 16.6. The molecule has 0 aliphatic carbocycles. The predicted octanol–water partition coefficient (Wildman–Crippen LogP) is 1.08. The molecule has 0 bridgehead atoms. The molecule has 76 valence electrons. The van der Waals surface area contributed by atoms with Crippen molar-refractivity contribution < 1.29 is 15.0 Å². The van der Waals surface area contributed by atoms with Crippen molar-refractivity contribution in [3.63, 3.8) is 0 Å². The Morgan fingerprint density at radius 1 is 1.27 bits per heavy atom. The molecule has 1 N–H and O–H groups in total. The Labute approximate surface area is 82.3 Å². The van der Waals surface area contributed by atoms with Gasteiger partial charge in [0.25, 0.3) is 0 Å². The van der Waals surface area contributed by atoms with Crippen LogP contribution in [0.2, 0.25) is 0 Å². The molecule has 0 aliphatic heterocycles. The molecule has 0 saturated heterocycles. The maximum atomic E-state index is 10.4. The summed E-state index contributed by atoms with van der Waals surface area (Å²) in [6.45, 7) is 0. The summed E-state index contributed by atoms with van der Waals surface area (Å²) in [5, 5.41) is 38.5. The lowest BCUT2D eigenvalue weighted by Crippen LogP contribution is -1.97. The summed E-state index contributed by atoms with van der Waals surface area (Å²) >= 11 is 0. The first-order chi connectivity index (χ1) is 6.99. The number of nitrogens with zero attached hydrogens (tertiary/aromatic N) is 3. The van der Waals surface area contributed by atoms with Crippen LogP contribution in [-0.4, -0.2) is 15.0 Å². The van der Waals surface area contributed by atoms with E-state index in [1.807, 2.05) is 0 Å². The average molecular weight is 209 g/mol. The smallest absolute Gasteiger partial charge is 0.388 e. The summed E-state index contributed by atoms with van der Waals surface area (Å²) in [5.41, 5.74) is -2.30. The number of nitro benzene ring substituents is 2. The third-order valence-corrected chi connectivity index (χ3v) is 1.63. The van der Waals surface area contributed by atoms with Crippen molar-refractivity contribution in [3.8, 4) is 11.8 Å². The number of hydrogen-bond acceptors (Lipinski definition) is 6. The number of nitriles is 1. The van der Waals surface area contributed by atoms with Crippen LogP contribution < -0.4 is 0 Å². The molecule has 8 nitrogen and oxygen atoms in total. The topological polar surface area (TPSA) is 130 Å². The quantitative estimate of drug-likeness (QED) is 0.572. The second-order valence-electron chi connectivity index (χ2n) is 2.46. The Bertz CT molecular complexity index is 490. The van der Waals surface area contributed by atoms with Crippen LogP contribution in [0.5, 0.6) is 5.75 Å². The van der Waals surface area contributed by atoms with E-state index >= 15 is 0 Å². The van der Waals surface area contributed by atoms with Gasteiger partial charge >= 0.3 is 11.4 Å². The fraction of sp³-hybridized carbons (Fsp3) is 0. The molecule has 0 aromatic heterocycles. The second kappa shape index (κ2) is 3.59. The van der Waals surface area contributed by atoms with Crippen LogP contribution in [0.15, 0.2) is 12.1 Å². The third kappa shape index (κ3) is 1.66. The van der Waals surface area contributed by atoms with E-state index in [0.29, 0.717) is 0 Å². The molecular weight excluding hydrogens is 206 g/mol. The van der Waals surface area contributed by atoms with E-state index < -0.39 is 27.0 Å². The number of phenols is 1. The van der Waals surface area contributed by atoms with Gasteiger partial charge in [-0.15, -0.1) is 0 Å². The molecule has 0 radical (unpaired) electrons. The van der Waals surface area contributed by atoms with Gasteiger partial charge in [-0.05, 0) is 6.07 Å². The molecule has 0 saturated carbocycles. The highest BCUT2D eigenvalue weighted by Gasteiger charge is 2.30. The molecule has 0 fully saturated rings. The van der Waals surface area contributed by atoms with Crippen molar-refractivity contribution >= 4 is 11.4 Å². The van der Waals surface area contributed by atoms with Crippen molar-refractivity contribution in [2.75, 3.05) is 0 Å². The Morgan fingerprint density at radius 3 is 2.27 bits per heavy atom. The Hall–Kier alpha value is -2.69. The molecule has 1 rings (SSSR count). The molecule has 0 amide bonds. The fourth-order valence-corrected chi connectivity index (χ4v) is 0.987. The normalized spacial score (nSPS) is 9.27. The highest BCUT2D eigenvalue weighted by Crippen LogP contribution is 2.37. The lowest BCUT2D eigenvalue weighted by molar-refractivity contribution is -0.423. The minimum atomic E-state index is -1.10. The van der Waals surface area contributed by atoms with Crippen molar-refractivity contribution in [2.24, 2.45) is 0 Å². The van der Waals surface area contributed by atoms with Gasteiger partial charge in [0.05, 0.1) is 9.85 Å². The number of rotatable bonds is 2. The van der Waals surface area contributed by atoms with Gasteiger partial charge in [0.2, 0.25) is 5.75 Å². The van der Waals surface area contributed by atoms with E-state index in [4.69, 9.17) is 5.26 Å². The number of benzene rings is 1. The van der Waals surface area contributed by atoms with E-state index in [2.05, 4.69) is 0 Å². The van der Waals surface area contributed by atoms with Gasteiger partial charge in [-0.3, -0.25) is 20.2 Å². The minimum Gasteiger partial charge on any atom is -0.501 e. The lowest BCUT2D eigenvalue weighted by atomic mass is 10.1. The van der Waals surface area contributed by atoms with E-state index in [1.54, 1.807) is 0 Å². The Morgan fingerprint density at radius 2 is 1.87 bits per heavy atom. The third-order valence-electron chi connectivity index (χ3n) is 1.63. The second-order valence-corrected chi connectivity index (χ2v) is 2.46. The van der Waals surface area contributed by atoms with Crippen LogP contribution in [0.25, 0.3) is 0 Å². The monoisotopic (exact) mass is 209 g/mol. The van der Waals surface area contributed by atoms with Crippen LogP contribution in [0.4, 0.5) is 11.4 Å². The van der Waals surface area contributed by atoms with Crippen molar-refractivity contribution in [2.45, 2.75) is 0 Å². The van der Waals surface area contributed by atoms with Gasteiger partial charge in [0.15, 0.2) is 0 Å². The maximum absolute atomic E-state index is 10.4. The number of hydrogen-bond donors (Lipinski definition) is 1. The van der Waals surface area contributed by atoms with Crippen LogP contribution in [-0.2, 0) is 0 Å². The zero-order valence-corrected chi connectivity index (χ0v) is 7.08. The summed E-state index contributed by atoms with van der Waals surface area (Å²) in [6.07, 6.45) is 0. The molecule has 8 heteroatoms. The van der Waals surface area contributed by atoms with Gasteiger partial charge in [0.1, 0.15) is 11.6 Å². The minimum absolute atomic E-state index is 0.382. The first kappa shape index (κ1) is 10.4. The molecular formula is C7H3N3O5. The molecule has 0 spiro atoms. The summed E-state index contributed by atoms with van der Waals surface area (Å²) < 4.78 is 0. The first-order valence-corrected chi connectivity index (χ1v) is 3.54.